The number of methoxy groups -OCH3 is 2. The number of allylic oxidation sites excluding steroid dienone is 2. The van der Waals surface area contributed by atoms with Gasteiger partial charge in [-0.2, -0.15) is 0 Å². The second kappa shape index (κ2) is 10.3. The lowest BCUT2D eigenvalue weighted by molar-refractivity contribution is -0.119. The summed E-state index contributed by atoms with van der Waals surface area (Å²) in [5.74, 6) is -0.0666. The average molecular weight is 386 g/mol. The van der Waals surface area contributed by atoms with Crippen molar-refractivity contribution < 1.29 is 14.3 Å². The SMILES string of the molecule is C/C=C(\C)S/C(NC(=O)Cc1cccc2ccccc12)=C(\C)C(OC)OC. The highest BCUT2D eigenvalue weighted by atomic mass is 32.2. The van der Waals surface area contributed by atoms with E-state index < -0.39 is 6.29 Å². The maximum atomic E-state index is 12.8. The van der Waals surface area contributed by atoms with Crippen molar-refractivity contribution in [2.75, 3.05) is 14.2 Å². The van der Waals surface area contributed by atoms with Crippen LogP contribution in [-0.4, -0.2) is 26.4 Å². The van der Waals surface area contributed by atoms with Gasteiger partial charge >= 0.3 is 0 Å². The van der Waals surface area contributed by atoms with Gasteiger partial charge in [0.1, 0.15) is 0 Å². The molecule has 0 heterocycles. The third-order valence-corrected chi connectivity index (χ3v) is 5.48. The number of amides is 1. The highest BCUT2D eigenvalue weighted by Crippen LogP contribution is 2.28. The molecule has 0 saturated heterocycles. The summed E-state index contributed by atoms with van der Waals surface area (Å²) in [5.41, 5.74) is 1.84. The minimum Gasteiger partial charge on any atom is -0.352 e. The molecule has 0 bridgehead atoms. The van der Waals surface area contributed by atoms with Crippen LogP contribution >= 0.6 is 11.8 Å². The monoisotopic (exact) mass is 385 g/mol. The Kier molecular flexibility index (Phi) is 8.10. The van der Waals surface area contributed by atoms with Crippen LogP contribution in [0.15, 0.2) is 64.0 Å². The number of rotatable bonds is 8. The molecule has 0 atom stereocenters. The van der Waals surface area contributed by atoms with Crippen LogP contribution in [0, 0.1) is 0 Å². The summed E-state index contributed by atoms with van der Waals surface area (Å²) < 4.78 is 10.7. The van der Waals surface area contributed by atoms with Crippen LogP contribution in [0.1, 0.15) is 26.3 Å². The summed E-state index contributed by atoms with van der Waals surface area (Å²) >= 11 is 1.50. The molecule has 4 nitrogen and oxygen atoms in total. The Balaban J connectivity index is 2.26. The van der Waals surface area contributed by atoms with Gasteiger partial charge < -0.3 is 14.8 Å². The van der Waals surface area contributed by atoms with Crippen LogP contribution in [0.3, 0.4) is 0 Å². The molecule has 144 valence electrons. The molecule has 0 radical (unpaired) electrons. The molecule has 0 aromatic heterocycles. The molecule has 0 aliphatic carbocycles. The molecule has 1 N–H and O–H groups in total. The fourth-order valence-corrected chi connectivity index (χ4v) is 3.63. The number of benzene rings is 2. The van der Waals surface area contributed by atoms with Crippen molar-refractivity contribution in [2.24, 2.45) is 0 Å². The fourth-order valence-electron chi connectivity index (χ4n) is 2.77. The Morgan fingerprint density at radius 3 is 2.44 bits per heavy atom. The largest absolute Gasteiger partial charge is 0.352 e. The molecule has 1 amide bonds. The molecule has 2 aromatic carbocycles. The third kappa shape index (κ3) is 5.70. The number of carbonyl (C=O) groups excluding carboxylic acids is 1. The number of hydrogen-bond donors (Lipinski definition) is 1. The van der Waals surface area contributed by atoms with Gasteiger partial charge in [-0.05, 0) is 42.0 Å². The van der Waals surface area contributed by atoms with E-state index in [-0.39, 0.29) is 5.91 Å². The van der Waals surface area contributed by atoms with E-state index in [0.717, 1.165) is 31.8 Å². The molecular weight excluding hydrogens is 358 g/mol. The first kappa shape index (κ1) is 21.2. The Bertz CT molecular complexity index is 848. The Morgan fingerprint density at radius 1 is 1.11 bits per heavy atom. The minimum atomic E-state index is -0.505. The first-order chi connectivity index (χ1) is 13.0. The zero-order valence-corrected chi connectivity index (χ0v) is 17.4. The van der Waals surface area contributed by atoms with Crippen LogP contribution in [0.5, 0.6) is 0 Å². The van der Waals surface area contributed by atoms with Gasteiger partial charge in [-0.15, -0.1) is 0 Å². The van der Waals surface area contributed by atoms with Gasteiger partial charge in [-0.3, -0.25) is 4.79 Å². The molecule has 0 spiro atoms. The average Bonchev–Trinajstić information content (AvgIpc) is 2.68. The van der Waals surface area contributed by atoms with Crippen molar-refractivity contribution in [3.8, 4) is 0 Å². The number of carbonyl (C=O) groups is 1. The first-order valence-electron chi connectivity index (χ1n) is 8.83. The number of ether oxygens (including phenoxy) is 2. The maximum absolute atomic E-state index is 12.8. The molecular formula is C22H27NO3S. The summed E-state index contributed by atoms with van der Waals surface area (Å²) in [6.45, 7) is 5.88. The second-order valence-electron chi connectivity index (χ2n) is 6.18. The molecule has 0 aliphatic rings. The maximum Gasteiger partial charge on any atom is 0.229 e. The zero-order valence-electron chi connectivity index (χ0n) is 16.5. The molecule has 5 heteroatoms. The van der Waals surface area contributed by atoms with Gasteiger partial charge in [-0.1, -0.05) is 60.3 Å². The summed E-state index contributed by atoms with van der Waals surface area (Å²) in [6, 6.07) is 14.1. The normalized spacial score (nSPS) is 13.0. The Morgan fingerprint density at radius 2 is 1.78 bits per heavy atom. The van der Waals surface area contributed by atoms with Gasteiger partial charge in [-0.25, -0.2) is 0 Å². The standard InChI is InChI=1S/C22H27NO3S/c1-6-15(2)27-21(16(3)22(25-4)26-5)23-20(24)14-18-12-9-11-17-10-7-8-13-19(17)18/h6-13,22H,14H2,1-5H3,(H,23,24)/b15-6+,21-16+. The van der Waals surface area contributed by atoms with Gasteiger partial charge in [0.15, 0.2) is 6.29 Å². The summed E-state index contributed by atoms with van der Waals surface area (Å²) in [5, 5.41) is 6.02. The molecule has 2 rings (SSSR count). The van der Waals surface area contributed by atoms with Crippen molar-refractivity contribution in [1.82, 2.24) is 5.32 Å². The van der Waals surface area contributed by atoms with Gasteiger partial charge in [0.25, 0.3) is 0 Å². The van der Waals surface area contributed by atoms with E-state index in [1.54, 1.807) is 14.2 Å². The van der Waals surface area contributed by atoms with Crippen LogP contribution in [0.4, 0.5) is 0 Å². The van der Waals surface area contributed by atoms with E-state index in [0.29, 0.717) is 6.42 Å². The van der Waals surface area contributed by atoms with Crippen LogP contribution in [-0.2, 0) is 20.7 Å². The fraction of sp³-hybridized carbons (Fsp3) is 0.318. The smallest absolute Gasteiger partial charge is 0.229 e. The van der Waals surface area contributed by atoms with Crippen molar-refractivity contribution in [2.45, 2.75) is 33.5 Å². The number of thioether (sulfide) groups is 1. The van der Waals surface area contributed by atoms with Crippen molar-refractivity contribution >= 4 is 28.4 Å². The van der Waals surface area contributed by atoms with E-state index in [1.807, 2.05) is 57.2 Å². The quantitative estimate of drug-likeness (QED) is 0.649. The molecule has 27 heavy (non-hydrogen) atoms. The van der Waals surface area contributed by atoms with Crippen molar-refractivity contribution in [1.29, 1.82) is 0 Å². The topological polar surface area (TPSA) is 47.6 Å². The third-order valence-electron chi connectivity index (χ3n) is 4.29. The van der Waals surface area contributed by atoms with E-state index in [2.05, 4.69) is 17.4 Å². The lowest BCUT2D eigenvalue weighted by Gasteiger charge is -2.19. The summed E-state index contributed by atoms with van der Waals surface area (Å²) in [6.07, 6.45) is 1.80. The molecule has 2 aromatic rings. The zero-order chi connectivity index (χ0) is 19.8. The highest BCUT2D eigenvalue weighted by Gasteiger charge is 2.17. The van der Waals surface area contributed by atoms with E-state index in [9.17, 15) is 4.79 Å². The van der Waals surface area contributed by atoms with Crippen LogP contribution in [0.2, 0.25) is 0 Å². The molecule has 0 aliphatic heterocycles. The highest BCUT2D eigenvalue weighted by molar-refractivity contribution is 8.06. The predicted octanol–water partition coefficient (Wildman–Crippen LogP) is 5.01. The van der Waals surface area contributed by atoms with Gasteiger partial charge in [0.2, 0.25) is 5.91 Å². The van der Waals surface area contributed by atoms with E-state index >= 15 is 0 Å². The summed E-state index contributed by atoms with van der Waals surface area (Å²) in [7, 11) is 3.17. The van der Waals surface area contributed by atoms with E-state index in [4.69, 9.17) is 9.47 Å². The Hall–Kier alpha value is -2.08. The number of nitrogens with one attached hydrogen (secondary N) is 1. The molecule has 0 unspecified atom stereocenters. The van der Waals surface area contributed by atoms with Crippen molar-refractivity contribution in [3.63, 3.8) is 0 Å². The van der Waals surface area contributed by atoms with Crippen LogP contribution < -0.4 is 5.32 Å². The Labute approximate surface area is 165 Å². The van der Waals surface area contributed by atoms with Gasteiger partial charge in [0, 0.05) is 19.8 Å². The molecule has 0 fully saturated rings. The van der Waals surface area contributed by atoms with Gasteiger partial charge in [0.05, 0.1) is 11.4 Å². The van der Waals surface area contributed by atoms with E-state index in [1.165, 1.54) is 11.8 Å². The van der Waals surface area contributed by atoms with Crippen molar-refractivity contribution in [3.05, 3.63) is 69.6 Å². The lowest BCUT2D eigenvalue weighted by atomic mass is 10.0. The predicted molar refractivity (Wildman–Crippen MR) is 113 cm³/mol. The first-order valence-corrected chi connectivity index (χ1v) is 9.65. The van der Waals surface area contributed by atoms with Crippen LogP contribution in [0.25, 0.3) is 10.8 Å². The number of hydrogen-bond acceptors (Lipinski definition) is 4. The lowest BCUT2D eigenvalue weighted by Crippen LogP contribution is -2.27. The molecule has 0 saturated carbocycles. The number of fused-ring (bicyclic) bond motifs is 1. The minimum absolute atomic E-state index is 0.0666. The summed E-state index contributed by atoms with van der Waals surface area (Å²) in [4.78, 5) is 13.9. The second-order valence-corrected chi connectivity index (χ2v) is 7.44.